The van der Waals surface area contributed by atoms with Crippen molar-refractivity contribution < 1.29 is 75.8 Å². The second-order valence-electron chi connectivity index (χ2n) is 20.5. The molecule has 2 unspecified atom stereocenters. The van der Waals surface area contributed by atoms with Crippen LogP contribution < -0.4 is 67.3 Å². The Labute approximate surface area is 484 Å². The summed E-state index contributed by atoms with van der Waals surface area (Å²) in [7, 11) is 16.3. The third-order valence-electron chi connectivity index (χ3n) is 14.1. The first-order valence-corrected chi connectivity index (χ1v) is 28.6. The predicted molar refractivity (Wildman–Crippen MR) is 316 cm³/mol. The first-order chi connectivity index (χ1) is 40.0. The number of anilines is 6. The quantitative estimate of drug-likeness (QED) is 0.248. The van der Waals surface area contributed by atoms with E-state index in [2.05, 4.69) is 47.8 Å². The van der Waals surface area contributed by atoms with Crippen LogP contribution >= 0.6 is 0 Å². The highest BCUT2D eigenvalue weighted by molar-refractivity contribution is 5.78. The zero-order chi connectivity index (χ0) is 57.5. The van der Waals surface area contributed by atoms with Crippen molar-refractivity contribution >= 4 is 34.1 Å². The van der Waals surface area contributed by atoms with Gasteiger partial charge in [-0.25, -0.2) is 0 Å². The van der Waals surface area contributed by atoms with E-state index in [1.807, 2.05) is 98.7 Å². The van der Waals surface area contributed by atoms with E-state index in [-0.39, 0.29) is 66.1 Å². The molecule has 0 radical (unpaired) electrons. The van der Waals surface area contributed by atoms with Crippen LogP contribution in [-0.4, -0.2) is 240 Å². The minimum atomic E-state index is -0.645. The summed E-state index contributed by atoms with van der Waals surface area (Å²) in [4.78, 5) is 12.9. The molecule has 0 bridgehead atoms. The zero-order valence-corrected chi connectivity index (χ0v) is 49.5. The van der Waals surface area contributed by atoms with Crippen LogP contribution in [0.4, 0.5) is 34.1 Å². The normalized spacial score (nSPS) is 20.7. The van der Waals surface area contributed by atoms with Crippen LogP contribution in [0.25, 0.3) is 0 Å². The van der Waals surface area contributed by atoms with Crippen LogP contribution in [0.2, 0.25) is 0 Å². The van der Waals surface area contributed by atoms with E-state index in [1.54, 1.807) is 0 Å². The minimum absolute atomic E-state index is 0.130. The molecule has 22 nitrogen and oxygen atoms in total. The topological polar surface area (TPSA) is 167 Å². The molecule has 0 saturated carbocycles. The molecule has 4 aromatic rings. The molecule has 0 aliphatic carbocycles. The van der Waals surface area contributed by atoms with Crippen LogP contribution in [0, 0.1) is 0 Å². The van der Waals surface area contributed by atoms with Gasteiger partial charge in [-0.1, -0.05) is 0 Å². The highest BCUT2D eigenvalue weighted by atomic mass is 16.6. The maximum atomic E-state index is 6.75. The van der Waals surface area contributed by atoms with Gasteiger partial charge in [-0.05, 0) is 24.3 Å². The number of hydrogen-bond acceptors (Lipinski definition) is 22. The summed E-state index contributed by atoms with van der Waals surface area (Å²) in [6.07, 6.45) is -1.29. The van der Waals surface area contributed by atoms with Gasteiger partial charge in [0.25, 0.3) is 0 Å². The molecule has 454 valence electrons. The number of hydrogen-bond donors (Lipinski definition) is 0. The molecule has 0 saturated heterocycles. The summed E-state index contributed by atoms with van der Waals surface area (Å²) in [6, 6.07) is 19.8. The second kappa shape index (κ2) is 32.6. The van der Waals surface area contributed by atoms with Crippen molar-refractivity contribution in [3.05, 3.63) is 60.7 Å². The zero-order valence-electron chi connectivity index (χ0n) is 49.5. The molecule has 4 aliphatic rings. The number of nitrogens with zero attached hydrogens (tertiary/aromatic N) is 6. The lowest BCUT2D eigenvalue weighted by Crippen LogP contribution is -2.41. The second-order valence-corrected chi connectivity index (χ2v) is 20.5. The largest absolute Gasteiger partial charge is 0.487 e. The Hall–Kier alpha value is -6.24. The Morgan fingerprint density at radius 1 is 0.293 bits per heavy atom. The number of likely N-dealkylation sites (N-methyl/N-ethyl adjacent to an activating group) is 4. The Morgan fingerprint density at radius 2 is 0.537 bits per heavy atom. The summed E-state index contributed by atoms with van der Waals surface area (Å²) in [5.41, 5.74) is 6.12. The van der Waals surface area contributed by atoms with E-state index >= 15 is 0 Å². The molecule has 4 heterocycles. The fourth-order valence-corrected chi connectivity index (χ4v) is 9.38. The lowest BCUT2D eigenvalue weighted by molar-refractivity contribution is -0.134. The van der Waals surface area contributed by atoms with Crippen molar-refractivity contribution in [1.82, 2.24) is 0 Å². The first kappa shape index (κ1) is 61.8. The van der Waals surface area contributed by atoms with E-state index in [0.29, 0.717) is 125 Å². The number of rotatable bonds is 3. The maximum absolute atomic E-state index is 6.75. The van der Waals surface area contributed by atoms with E-state index in [0.717, 1.165) is 60.3 Å². The maximum Gasteiger partial charge on any atom is 0.163 e. The summed E-state index contributed by atoms with van der Waals surface area (Å²) in [5.74, 6) is 4.77. The summed E-state index contributed by atoms with van der Waals surface area (Å²) < 4.78 is 101. The van der Waals surface area contributed by atoms with Crippen LogP contribution in [0.3, 0.4) is 0 Å². The van der Waals surface area contributed by atoms with Crippen LogP contribution in [0.5, 0.6) is 46.0 Å². The fraction of sp³-hybridized carbons (Fsp3) is 0.600. The van der Waals surface area contributed by atoms with Gasteiger partial charge in [0.1, 0.15) is 65.1 Å². The van der Waals surface area contributed by atoms with E-state index in [4.69, 9.17) is 75.8 Å². The molecule has 0 N–H and O–H groups in total. The van der Waals surface area contributed by atoms with Gasteiger partial charge in [0.05, 0.1) is 115 Å². The van der Waals surface area contributed by atoms with Crippen LogP contribution in [-0.2, 0) is 37.9 Å². The summed E-state index contributed by atoms with van der Waals surface area (Å²) in [5, 5.41) is 0. The van der Waals surface area contributed by atoms with Gasteiger partial charge in [0, 0.05) is 130 Å². The van der Waals surface area contributed by atoms with E-state index in [9.17, 15) is 0 Å². The van der Waals surface area contributed by atoms with Crippen molar-refractivity contribution in [3.8, 4) is 46.0 Å². The van der Waals surface area contributed by atoms with Gasteiger partial charge >= 0.3 is 0 Å². The monoisotopic (exact) mass is 1150 g/mol. The third-order valence-corrected chi connectivity index (χ3v) is 14.1. The lowest BCUT2D eigenvalue weighted by Gasteiger charge is -2.35. The molecular formula is C60H88N6O16. The molecule has 22 heteroatoms. The molecule has 0 fully saturated rings. The third kappa shape index (κ3) is 18.4. The van der Waals surface area contributed by atoms with Gasteiger partial charge in [0.2, 0.25) is 0 Å². The van der Waals surface area contributed by atoms with Crippen LogP contribution in [0.15, 0.2) is 60.7 Å². The predicted octanol–water partition coefficient (Wildman–Crippen LogP) is 5.62. The standard InChI is InChI=1S/C60H88N6O16/c1-61(2)45-9-11-51-53(37-45)75-28-22-68-18-17-67-21-27-73-52-12-10-46(62(3)4)38-54(52)79-33-35-81-59(43-71-25-31-74-51)60-44-72-26-32-78-56-40-48-47(63(5)13-14-64(48)6)39-55(56)76-29-23-69-19-20-70-24-30-77-57-41-49-50(66(8)16-15-65(49)7)42-58(57)80-34-36-82-60/h9-12,37-42,59-60H,13-36,43-44H2,1-8H3. The Morgan fingerprint density at radius 3 is 0.829 bits per heavy atom. The van der Waals surface area contributed by atoms with Crippen molar-refractivity contribution in [2.45, 2.75) is 12.2 Å². The highest BCUT2D eigenvalue weighted by Crippen LogP contribution is 2.43. The Bertz CT molecular complexity index is 2550. The smallest absolute Gasteiger partial charge is 0.163 e. The van der Waals surface area contributed by atoms with Crippen molar-refractivity contribution in [2.24, 2.45) is 0 Å². The van der Waals surface area contributed by atoms with E-state index < -0.39 is 12.2 Å². The van der Waals surface area contributed by atoms with Crippen molar-refractivity contribution in [3.63, 3.8) is 0 Å². The summed E-state index contributed by atoms with van der Waals surface area (Å²) >= 11 is 0. The number of fused-ring (bicyclic) bond motifs is 6. The molecule has 0 amide bonds. The molecule has 82 heavy (non-hydrogen) atoms. The van der Waals surface area contributed by atoms with Crippen molar-refractivity contribution in [2.75, 3.05) is 257 Å². The molecule has 4 aliphatic heterocycles. The van der Waals surface area contributed by atoms with Gasteiger partial charge in [0.15, 0.2) is 46.0 Å². The molecule has 2 atom stereocenters. The first-order valence-electron chi connectivity index (χ1n) is 28.6. The van der Waals surface area contributed by atoms with Gasteiger partial charge < -0.3 is 105 Å². The molecule has 0 aromatic heterocycles. The fourth-order valence-electron chi connectivity index (χ4n) is 9.38. The number of ether oxygens (including phenoxy) is 16. The lowest BCUT2D eigenvalue weighted by atomic mass is 10.1. The Kier molecular flexibility index (Phi) is 24.6. The SMILES string of the molecule is CN(C)c1ccc2c(c1)OCCOCCOCCOc1ccc(N(C)C)cc1OCCOC(C1COCCOc3cc4c(cc3OCCOCCOCCOc3cc5c(cc3OCCO1)N(C)CCN5C)N(C)CCN4C)COCCO2. The van der Waals surface area contributed by atoms with Gasteiger partial charge in [-0.15, -0.1) is 0 Å². The number of benzene rings is 4. The molecule has 0 spiro atoms. The molecule has 8 rings (SSSR count). The minimum Gasteiger partial charge on any atom is -0.487 e. The van der Waals surface area contributed by atoms with E-state index in [1.165, 1.54) is 0 Å². The Balaban J connectivity index is 1.03. The average Bonchev–Trinajstić information content (AvgIpc) is 3.51. The van der Waals surface area contributed by atoms with Gasteiger partial charge in [-0.3, -0.25) is 0 Å². The molecular weight excluding hydrogens is 1060 g/mol. The highest BCUT2D eigenvalue weighted by Gasteiger charge is 2.27. The molecule has 4 aromatic carbocycles. The van der Waals surface area contributed by atoms with Crippen LogP contribution in [0.1, 0.15) is 0 Å². The van der Waals surface area contributed by atoms with Gasteiger partial charge in [-0.2, -0.15) is 0 Å². The summed E-state index contributed by atoms with van der Waals surface area (Å²) in [6.45, 7) is 9.76. The van der Waals surface area contributed by atoms with Crippen molar-refractivity contribution in [1.29, 1.82) is 0 Å². The average molecular weight is 1150 g/mol.